The number of hydrogen-bond acceptors (Lipinski definition) is 6. The summed E-state index contributed by atoms with van der Waals surface area (Å²) in [4.78, 5) is 32.2. The first-order valence-corrected chi connectivity index (χ1v) is 8.29. The van der Waals surface area contributed by atoms with Crippen LogP contribution in [0.5, 0.6) is 0 Å². The van der Waals surface area contributed by atoms with Gasteiger partial charge >= 0.3 is 0 Å². The molecule has 0 aliphatic carbocycles. The maximum atomic E-state index is 13.7. The van der Waals surface area contributed by atoms with Crippen molar-refractivity contribution in [3.05, 3.63) is 77.9 Å². The van der Waals surface area contributed by atoms with Crippen LogP contribution < -0.4 is 21.9 Å². The molecule has 0 unspecified atom stereocenters. The van der Waals surface area contributed by atoms with Crippen LogP contribution in [0.1, 0.15) is 15.9 Å². The monoisotopic (exact) mass is 380 g/mol. The summed E-state index contributed by atoms with van der Waals surface area (Å²) >= 11 is 0. The van der Waals surface area contributed by atoms with E-state index < -0.39 is 17.6 Å². The molecule has 28 heavy (non-hydrogen) atoms. The van der Waals surface area contributed by atoms with E-state index >= 15 is 0 Å². The molecule has 3 rings (SSSR count). The van der Waals surface area contributed by atoms with Gasteiger partial charge in [-0.2, -0.15) is 0 Å². The van der Waals surface area contributed by atoms with E-state index in [4.69, 9.17) is 5.73 Å². The van der Waals surface area contributed by atoms with Crippen molar-refractivity contribution >= 4 is 29.1 Å². The third-order valence-electron chi connectivity index (χ3n) is 3.78. The van der Waals surface area contributed by atoms with E-state index in [-0.39, 0.29) is 29.3 Å². The Balaban J connectivity index is 1.70. The molecule has 142 valence electrons. The smallest absolute Gasteiger partial charge is 0.269 e. The molecule has 0 spiro atoms. The van der Waals surface area contributed by atoms with E-state index in [1.165, 1.54) is 24.5 Å². The summed E-state index contributed by atoms with van der Waals surface area (Å²) in [6, 6.07) is 14.5. The molecule has 0 aliphatic rings. The molecule has 1 heterocycles. The van der Waals surface area contributed by atoms with Crippen LogP contribution >= 0.6 is 0 Å². The maximum absolute atomic E-state index is 13.7. The fourth-order valence-electron chi connectivity index (χ4n) is 2.39. The Hall–Kier alpha value is -4.01. The highest BCUT2D eigenvalue weighted by atomic mass is 19.1. The SMILES string of the molecule is Nc1ncnc(NNC(=O)c2ccccc2)c1NC(=O)Cc1ccccc1F. The molecule has 2 amide bonds. The summed E-state index contributed by atoms with van der Waals surface area (Å²) in [5.41, 5.74) is 11.7. The Morgan fingerprint density at radius 3 is 2.46 bits per heavy atom. The largest absolute Gasteiger partial charge is 0.382 e. The lowest BCUT2D eigenvalue weighted by molar-refractivity contribution is -0.115. The molecule has 0 atom stereocenters. The van der Waals surface area contributed by atoms with Gasteiger partial charge in [-0.05, 0) is 23.8 Å². The molecule has 0 aliphatic heterocycles. The average Bonchev–Trinajstić information content (AvgIpc) is 2.70. The van der Waals surface area contributed by atoms with Crippen LogP contribution in [-0.4, -0.2) is 21.8 Å². The van der Waals surface area contributed by atoms with Gasteiger partial charge in [0.15, 0.2) is 11.6 Å². The second-order valence-corrected chi connectivity index (χ2v) is 5.74. The van der Waals surface area contributed by atoms with Gasteiger partial charge < -0.3 is 11.1 Å². The first kappa shape index (κ1) is 18.8. The Bertz CT molecular complexity index is 997. The molecule has 0 saturated heterocycles. The van der Waals surface area contributed by atoms with Gasteiger partial charge in [0.1, 0.15) is 17.8 Å². The van der Waals surface area contributed by atoms with Gasteiger partial charge in [0.25, 0.3) is 5.91 Å². The fourth-order valence-corrected chi connectivity index (χ4v) is 2.39. The van der Waals surface area contributed by atoms with Crippen LogP contribution in [-0.2, 0) is 11.2 Å². The van der Waals surface area contributed by atoms with Crippen LogP contribution in [0.3, 0.4) is 0 Å². The van der Waals surface area contributed by atoms with Crippen molar-refractivity contribution in [1.29, 1.82) is 0 Å². The minimum atomic E-state index is -0.510. The van der Waals surface area contributed by atoms with Crippen molar-refractivity contribution in [1.82, 2.24) is 15.4 Å². The summed E-state index contributed by atoms with van der Waals surface area (Å²) in [5, 5.41) is 2.55. The number of anilines is 3. The normalized spacial score (nSPS) is 10.2. The highest BCUT2D eigenvalue weighted by Gasteiger charge is 2.15. The zero-order chi connectivity index (χ0) is 19.9. The van der Waals surface area contributed by atoms with Gasteiger partial charge in [0.2, 0.25) is 5.91 Å². The number of carbonyl (C=O) groups excluding carboxylic acids is 2. The quantitative estimate of drug-likeness (QED) is 0.486. The Morgan fingerprint density at radius 2 is 1.71 bits per heavy atom. The molecule has 3 aromatic rings. The number of hydrazine groups is 1. The summed E-state index contributed by atoms with van der Waals surface area (Å²) < 4.78 is 13.7. The predicted octanol–water partition coefficient (Wildman–Crippen LogP) is 2.14. The standard InChI is InChI=1S/C19H17FN6O2/c20-14-9-5-4-8-13(14)10-15(27)24-16-17(21)22-11-23-18(16)25-26-19(28)12-6-2-1-3-7-12/h1-9,11H,10H2,(H,24,27)(H,26,28)(H3,21,22,23,25). The van der Waals surface area contributed by atoms with Crippen molar-refractivity contribution in [2.75, 3.05) is 16.5 Å². The van der Waals surface area contributed by atoms with Gasteiger partial charge in [0, 0.05) is 5.56 Å². The number of halogens is 1. The van der Waals surface area contributed by atoms with Crippen molar-refractivity contribution in [2.45, 2.75) is 6.42 Å². The molecule has 8 nitrogen and oxygen atoms in total. The van der Waals surface area contributed by atoms with Crippen LogP contribution in [0.15, 0.2) is 60.9 Å². The fraction of sp³-hybridized carbons (Fsp3) is 0.0526. The minimum absolute atomic E-state index is 0.00616. The number of rotatable bonds is 6. The maximum Gasteiger partial charge on any atom is 0.269 e. The van der Waals surface area contributed by atoms with Crippen LogP contribution in [0.4, 0.5) is 21.7 Å². The third-order valence-corrected chi connectivity index (χ3v) is 3.78. The lowest BCUT2D eigenvalue weighted by atomic mass is 10.1. The minimum Gasteiger partial charge on any atom is -0.382 e. The van der Waals surface area contributed by atoms with Gasteiger partial charge in [0.05, 0.1) is 6.42 Å². The zero-order valence-electron chi connectivity index (χ0n) is 14.6. The van der Waals surface area contributed by atoms with Crippen LogP contribution in [0, 0.1) is 5.82 Å². The molecule has 0 bridgehead atoms. The number of amides is 2. The number of nitrogens with one attached hydrogen (secondary N) is 3. The first-order chi connectivity index (χ1) is 13.5. The first-order valence-electron chi connectivity index (χ1n) is 8.29. The molecular formula is C19H17FN6O2. The van der Waals surface area contributed by atoms with E-state index in [2.05, 4.69) is 26.1 Å². The highest BCUT2D eigenvalue weighted by molar-refractivity contribution is 5.99. The second kappa shape index (κ2) is 8.58. The Morgan fingerprint density at radius 1 is 1.00 bits per heavy atom. The van der Waals surface area contributed by atoms with Gasteiger partial charge in [-0.25, -0.2) is 14.4 Å². The molecule has 0 fully saturated rings. The van der Waals surface area contributed by atoms with Gasteiger partial charge in [-0.3, -0.25) is 20.4 Å². The number of carbonyl (C=O) groups is 2. The average molecular weight is 380 g/mol. The van der Waals surface area contributed by atoms with Gasteiger partial charge in [-0.15, -0.1) is 0 Å². The van der Waals surface area contributed by atoms with Crippen molar-refractivity contribution in [2.24, 2.45) is 0 Å². The molecule has 0 saturated carbocycles. The van der Waals surface area contributed by atoms with E-state index in [9.17, 15) is 14.0 Å². The number of nitrogen functional groups attached to an aromatic ring is 1. The number of nitrogens with two attached hydrogens (primary N) is 1. The number of benzene rings is 2. The summed E-state index contributed by atoms with van der Waals surface area (Å²) in [6.07, 6.45) is 0.982. The Kier molecular flexibility index (Phi) is 5.75. The van der Waals surface area contributed by atoms with Crippen molar-refractivity contribution in [3.8, 4) is 0 Å². The van der Waals surface area contributed by atoms with Crippen LogP contribution in [0.25, 0.3) is 0 Å². The van der Waals surface area contributed by atoms with Crippen LogP contribution in [0.2, 0.25) is 0 Å². The topological polar surface area (TPSA) is 122 Å². The lowest BCUT2D eigenvalue weighted by Crippen LogP contribution is -2.31. The molecule has 5 N–H and O–H groups in total. The highest BCUT2D eigenvalue weighted by Crippen LogP contribution is 2.23. The van der Waals surface area contributed by atoms with E-state index in [1.54, 1.807) is 36.4 Å². The van der Waals surface area contributed by atoms with E-state index in [0.29, 0.717) is 5.56 Å². The number of nitrogens with zero attached hydrogens (tertiary/aromatic N) is 2. The molecule has 0 radical (unpaired) electrons. The zero-order valence-corrected chi connectivity index (χ0v) is 14.6. The molecule has 1 aromatic heterocycles. The summed E-state index contributed by atoms with van der Waals surface area (Å²) in [7, 11) is 0. The summed E-state index contributed by atoms with van der Waals surface area (Å²) in [5.74, 6) is -1.30. The van der Waals surface area contributed by atoms with E-state index in [1.807, 2.05) is 0 Å². The number of aromatic nitrogens is 2. The van der Waals surface area contributed by atoms with E-state index in [0.717, 1.165) is 0 Å². The Labute approximate surface area is 160 Å². The lowest BCUT2D eigenvalue weighted by Gasteiger charge is -2.14. The molecule has 2 aromatic carbocycles. The summed E-state index contributed by atoms with van der Waals surface area (Å²) in [6.45, 7) is 0. The molecular weight excluding hydrogens is 363 g/mol. The predicted molar refractivity (Wildman–Crippen MR) is 103 cm³/mol. The van der Waals surface area contributed by atoms with Crippen molar-refractivity contribution in [3.63, 3.8) is 0 Å². The molecule has 9 heteroatoms. The van der Waals surface area contributed by atoms with Gasteiger partial charge in [-0.1, -0.05) is 36.4 Å². The van der Waals surface area contributed by atoms with Crippen molar-refractivity contribution < 1.29 is 14.0 Å². The second-order valence-electron chi connectivity index (χ2n) is 5.74. The third kappa shape index (κ3) is 4.58. The number of hydrogen-bond donors (Lipinski definition) is 4.